The molecule has 0 aliphatic carbocycles. The van der Waals surface area contributed by atoms with Gasteiger partial charge in [0.2, 0.25) is 5.91 Å². The number of carbonyl (C=O) groups is 2. The third-order valence-electron chi connectivity index (χ3n) is 4.74. The van der Waals surface area contributed by atoms with Crippen LogP contribution in [0.1, 0.15) is 45.1 Å². The molecule has 0 unspecified atom stereocenters. The molecule has 2 N–H and O–H groups in total. The second-order valence-electron chi connectivity index (χ2n) is 7.39. The average Bonchev–Trinajstić information content (AvgIpc) is 2.75. The van der Waals surface area contributed by atoms with Crippen LogP contribution in [0.25, 0.3) is 11.1 Å². The molecule has 2 rings (SSSR count). The molecule has 0 radical (unpaired) electrons. The number of aromatic hydroxyl groups is 1. The number of nitrogens with zero attached hydrogens (tertiary/aromatic N) is 1. The van der Waals surface area contributed by atoms with Gasteiger partial charge in [0.05, 0.1) is 6.61 Å². The summed E-state index contributed by atoms with van der Waals surface area (Å²) in [5.74, 6) is -0.0998. The van der Waals surface area contributed by atoms with Gasteiger partial charge < -0.3 is 15.2 Å². The molecular formula is C24H31ClN2O4. The van der Waals surface area contributed by atoms with Gasteiger partial charge in [-0.15, -0.1) is 0 Å². The number of hydrogen-bond acceptors (Lipinski definition) is 4. The predicted octanol–water partition coefficient (Wildman–Crippen LogP) is 5.37. The molecule has 2 aromatic rings. The first-order valence-electron chi connectivity index (χ1n) is 10.7. The minimum atomic E-state index is -0.518. The lowest BCUT2D eigenvalue weighted by Gasteiger charge is -2.22. The number of halogens is 1. The molecular weight excluding hydrogens is 416 g/mol. The number of hydrogen-bond donors (Lipinski definition) is 2. The Morgan fingerprint density at radius 3 is 2.61 bits per heavy atom. The van der Waals surface area contributed by atoms with E-state index in [0.717, 1.165) is 36.8 Å². The number of nitrogens with one attached hydrogen (secondary N) is 1. The zero-order chi connectivity index (χ0) is 22.6. The predicted molar refractivity (Wildman–Crippen MR) is 123 cm³/mol. The summed E-state index contributed by atoms with van der Waals surface area (Å²) in [6, 6.07) is 12.3. The lowest BCUT2D eigenvalue weighted by atomic mass is 10.0. The Hall–Kier alpha value is -2.73. The molecule has 31 heavy (non-hydrogen) atoms. The molecule has 7 heteroatoms. The van der Waals surface area contributed by atoms with Gasteiger partial charge in [0, 0.05) is 23.7 Å². The van der Waals surface area contributed by atoms with Gasteiger partial charge in [-0.25, -0.2) is 4.79 Å². The molecule has 0 saturated heterocycles. The Kier molecular flexibility index (Phi) is 10.2. The second-order valence-corrected chi connectivity index (χ2v) is 7.83. The summed E-state index contributed by atoms with van der Waals surface area (Å²) in [5.41, 5.74) is 2.18. The van der Waals surface area contributed by atoms with E-state index in [9.17, 15) is 14.7 Å². The Balaban J connectivity index is 2.17. The largest absolute Gasteiger partial charge is 0.507 e. The Morgan fingerprint density at radius 1 is 1.10 bits per heavy atom. The van der Waals surface area contributed by atoms with Gasteiger partial charge in [0.25, 0.3) is 0 Å². The van der Waals surface area contributed by atoms with E-state index in [0.29, 0.717) is 23.7 Å². The smallest absolute Gasteiger partial charge is 0.410 e. The zero-order valence-electron chi connectivity index (χ0n) is 18.2. The number of phenolic OH excluding ortho intramolecular Hbond substituents is 1. The van der Waals surface area contributed by atoms with Crippen LogP contribution in [0.2, 0.25) is 5.02 Å². The van der Waals surface area contributed by atoms with Crippen LogP contribution in [0.15, 0.2) is 42.5 Å². The topological polar surface area (TPSA) is 78.9 Å². The summed E-state index contributed by atoms with van der Waals surface area (Å²) >= 11 is 6.08. The lowest BCUT2D eigenvalue weighted by molar-refractivity contribution is -0.122. The first-order chi connectivity index (χ1) is 14.9. The van der Waals surface area contributed by atoms with Crippen molar-refractivity contribution in [3.63, 3.8) is 0 Å². The van der Waals surface area contributed by atoms with Crippen LogP contribution >= 0.6 is 11.6 Å². The summed E-state index contributed by atoms with van der Waals surface area (Å²) < 4.78 is 5.34. The molecule has 0 atom stereocenters. The van der Waals surface area contributed by atoms with E-state index in [4.69, 9.17) is 16.3 Å². The van der Waals surface area contributed by atoms with Crippen molar-refractivity contribution in [2.75, 3.05) is 19.7 Å². The number of benzene rings is 2. The lowest BCUT2D eigenvalue weighted by Crippen LogP contribution is -2.41. The highest BCUT2D eigenvalue weighted by atomic mass is 35.5. The van der Waals surface area contributed by atoms with Crippen LogP contribution in [0.3, 0.4) is 0 Å². The molecule has 2 amide bonds. The third kappa shape index (κ3) is 8.13. The van der Waals surface area contributed by atoms with Crippen molar-refractivity contribution in [3.8, 4) is 16.9 Å². The maximum Gasteiger partial charge on any atom is 0.410 e. The quantitative estimate of drug-likeness (QED) is 0.455. The van der Waals surface area contributed by atoms with E-state index in [-0.39, 0.29) is 24.7 Å². The van der Waals surface area contributed by atoms with Crippen molar-refractivity contribution in [1.82, 2.24) is 10.2 Å². The summed E-state index contributed by atoms with van der Waals surface area (Å²) in [6.45, 7) is 5.09. The molecule has 0 aliphatic heterocycles. The number of unbranched alkanes of at least 4 members (excludes halogenated alkanes) is 2. The van der Waals surface area contributed by atoms with Crippen molar-refractivity contribution in [2.45, 2.75) is 46.1 Å². The maximum absolute atomic E-state index is 12.6. The number of ether oxygens (including phenoxy) is 1. The minimum absolute atomic E-state index is 0.0820. The zero-order valence-corrected chi connectivity index (χ0v) is 19.0. The fraction of sp³-hybridized carbons (Fsp3) is 0.417. The Bertz CT molecular complexity index is 872. The summed E-state index contributed by atoms with van der Waals surface area (Å²) in [6.07, 6.45) is 3.03. The highest BCUT2D eigenvalue weighted by Gasteiger charge is 2.19. The molecule has 0 saturated carbocycles. The molecule has 0 fully saturated rings. The number of phenols is 1. The molecule has 0 spiro atoms. The molecule has 6 nitrogen and oxygen atoms in total. The first-order valence-corrected chi connectivity index (χ1v) is 11.1. The number of amides is 2. The monoisotopic (exact) mass is 446 g/mol. The standard InChI is InChI=1S/C24H31ClN2O4/c1-3-5-12-26-23(29)17-27(24(30)31-13-6-4-2)16-18-8-7-9-19(14-18)21-15-20(25)10-11-22(21)28/h7-11,14-15,28H,3-6,12-13,16-17H2,1-2H3,(H,26,29). The number of rotatable bonds is 11. The summed E-state index contributed by atoms with van der Waals surface area (Å²) in [5, 5.41) is 13.5. The molecule has 0 heterocycles. The van der Waals surface area contributed by atoms with Crippen LogP contribution in [-0.4, -0.2) is 41.7 Å². The van der Waals surface area contributed by atoms with Crippen molar-refractivity contribution in [1.29, 1.82) is 0 Å². The van der Waals surface area contributed by atoms with E-state index < -0.39 is 6.09 Å². The van der Waals surface area contributed by atoms with Crippen LogP contribution in [0.5, 0.6) is 5.75 Å². The van der Waals surface area contributed by atoms with E-state index in [1.807, 2.05) is 38.1 Å². The molecule has 0 aromatic heterocycles. The van der Waals surface area contributed by atoms with E-state index >= 15 is 0 Å². The van der Waals surface area contributed by atoms with Gasteiger partial charge in [-0.05, 0) is 48.2 Å². The van der Waals surface area contributed by atoms with E-state index in [2.05, 4.69) is 5.32 Å². The average molecular weight is 447 g/mol. The molecule has 168 valence electrons. The Morgan fingerprint density at radius 2 is 1.87 bits per heavy atom. The van der Waals surface area contributed by atoms with E-state index in [1.54, 1.807) is 18.2 Å². The molecule has 0 bridgehead atoms. The molecule has 2 aromatic carbocycles. The molecule has 0 aliphatic rings. The van der Waals surface area contributed by atoms with Crippen molar-refractivity contribution >= 4 is 23.6 Å². The maximum atomic E-state index is 12.6. The van der Waals surface area contributed by atoms with Crippen LogP contribution in [0.4, 0.5) is 4.79 Å². The Labute approximate surface area is 189 Å². The SMILES string of the molecule is CCCCNC(=O)CN(Cc1cccc(-c2cc(Cl)ccc2O)c1)C(=O)OCCCC. The van der Waals surface area contributed by atoms with Crippen LogP contribution in [0, 0.1) is 0 Å². The van der Waals surface area contributed by atoms with Crippen molar-refractivity contribution in [3.05, 3.63) is 53.1 Å². The van der Waals surface area contributed by atoms with Gasteiger partial charge in [0.15, 0.2) is 0 Å². The third-order valence-corrected chi connectivity index (χ3v) is 4.97. The van der Waals surface area contributed by atoms with Crippen LogP contribution in [-0.2, 0) is 16.1 Å². The number of carbonyl (C=O) groups excluding carboxylic acids is 2. The van der Waals surface area contributed by atoms with Crippen molar-refractivity contribution < 1.29 is 19.4 Å². The van der Waals surface area contributed by atoms with Gasteiger partial charge in [-0.3, -0.25) is 9.69 Å². The van der Waals surface area contributed by atoms with Gasteiger partial charge in [0.1, 0.15) is 12.3 Å². The van der Waals surface area contributed by atoms with Crippen LogP contribution < -0.4 is 5.32 Å². The normalized spacial score (nSPS) is 10.5. The van der Waals surface area contributed by atoms with Crippen molar-refractivity contribution in [2.24, 2.45) is 0 Å². The fourth-order valence-electron chi connectivity index (χ4n) is 3.01. The van der Waals surface area contributed by atoms with E-state index in [1.165, 1.54) is 4.90 Å². The highest BCUT2D eigenvalue weighted by Crippen LogP contribution is 2.32. The van der Waals surface area contributed by atoms with Gasteiger partial charge in [-0.1, -0.05) is 56.5 Å². The fourth-order valence-corrected chi connectivity index (χ4v) is 3.18. The summed E-state index contributed by atoms with van der Waals surface area (Å²) in [7, 11) is 0. The summed E-state index contributed by atoms with van der Waals surface area (Å²) in [4.78, 5) is 26.3. The first kappa shape index (κ1) is 24.5. The highest BCUT2D eigenvalue weighted by molar-refractivity contribution is 6.31. The minimum Gasteiger partial charge on any atom is -0.507 e. The van der Waals surface area contributed by atoms with Gasteiger partial charge >= 0.3 is 6.09 Å². The second kappa shape index (κ2) is 12.8. The van der Waals surface area contributed by atoms with Gasteiger partial charge in [-0.2, -0.15) is 0 Å².